The van der Waals surface area contributed by atoms with Gasteiger partial charge >= 0.3 is 0 Å². The summed E-state index contributed by atoms with van der Waals surface area (Å²) in [4.78, 5) is 12.2. The molecule has 0 aliphatic heterocycles. The third-order valence-electron chi connectivity index (χ3n) is 2.90. The molecule has 120 valence electrons. The van der Waals surface area contributed by atoms with E-state index in [0.717, 1.165) is 6.42 Å². The van der Waals surface area contributed by atoms with Crippen LogP contribution in [0, 0.1) is 5.82 Å². The third kappa shape index (κ3) is 5.34. The van der Waals surface area contributed by atoms with E-state index >= 15 is 0 Å². The van der Waals surface area contributed by atoms with Crippen LogP contribution in [0.2, 0.25) is 0 Å². The molecular weight excluding hydrogens is 315 g/mol. The molecule has 0 fully saturated rings. The highest BCUT2D eigenvalue weighted by Crippen LogP contribution is 2.14. The quantitative estimate of drug-likeness (QED) is 0.819. The molecule has 2 aromatic carbocycles. The minimum absolute atomic E-state index is 0.140. The Morgan fingerprint density at radius 1 is 1.22 bits per heavy atom. The van der Waals surface area contributed by atoms with Gasteiger partial charge in [-0.1, -0.05) is 13.0 Å². The Bertz CT molecular complexity index is 689. The van der Waals surface area contributed by atoms with Crippen LogP contribution in [0.5, 0.6) is 5.75 Å². The van der Waals surface area contributed by atoms with Crippen LogP contribution in [-0.2, 0) is 0 Å². The van der Waals surface area contributed by atoms with E-state index in [4.69, 9.17) is 17.0 Å². The van der Waals surface area contributed by atoms with Gasteiger partial charge in [0.2, 0.25) is 0 Å². The molecule has 2 N–H and O–H groups in total. The number of benzene rings is 2. The van der Waals surface area contributed by atoms with Gasteiger partial charge in [-0.3, -0.25) is 10.1 Å². The van der Waals surface area contributed by atoms with Gasteiger partial charge in [-0.2, -0.15) is 0 Å². The smallest absolute Gasteiger partial charge is 0.257 e. The maximum Gasteiger partial charge on any atom is 0.257 e. The maximum absolute atomic E-state index is 12.8. The zero-order valence-electron chi connectivity index (χ0n) is 12.6. The van der Waals surface area contributed by atoms with Gasteiger partial charge < -0.3 is 10.1 Å². The number of anilines is 1. The Hall–Kier alpha value is -2.47. The van der Waals surface area contributed by atoms with E-state index in [1.807, 2.05) is 6.92 Å². The summed E-state index contributed by atoms with van der Waals surface area (Å²) in [7, 11) is 0. The fraction of sp³-hybridized carbons (Fsp3) is 0.176. The van der Waals surface area contributed by atoms with Gasteiger partial charge in [0.25, 0.3) is 5.91 Å². The van der Waals surface area contributed by atoms with Gasteiger partial charge in [0.05, 0.1) is 6.61 Å². The van der Waals surface area contributed by atoms with Gasteiger partial charge in [-0.25, -0.2) is 4.39 Å². The van der Waals surface area contributed by atoms with Crippen LogP contribution in [0.25, 0.3) is 0 Å². The summed E-state index contributed by atoms with van der Waals surface area (Å²) in [5, 5.41) is 5.54. The number of carbonyl (C=O) groups is 1. The molecule has 2 aromatic rings. The van der Waals surface area contributed by atoms with E-state index in [2.05, 4.69) is 10.6 Å². The molecule has 0 aliphatic carbocycles. The van der Waals surface area contributed by atoms with Crippen LogP contribution in [0.4, 0.5) is 10.1 Å². The van der Waals surface area contributed by atoms with Crippen molar-refractivity contribution in [2.45, 2.75) is 13.3 Å². The second kappa shape index (κ2) is 8.24. The predicted molar refractivity (Wildman–Crippen MR) is 92.3 cm³/mol. The summed E-state index contributed by atoms with van der Waals surface area (Å²) in [6.45, 7) is 2.60. The summed E-state index contributed by atoms with van der Waals surface area (Å²) in [6.07, 6.45) is 0.891. The molecule has 0 atom stereocenters. The number of carbonyl (C=O) groups excluding carboxylic acids is 1. The average molecular weight is 332 g/mol. The SMILES string of the molecule is CCCOc1cccc(C(=O)NC(=S)Nc2ccc(F)cc2)c1. The molecular formula is C17H17FN2O2S. The van der Waals surface area contributed by atoms with E-state index in [-0.39, 0.29) is 16.8 Å². The zero-order chi connectivity index (χ0) is 16.7. The second-order valence-electron chi connectivity index (χ2n) is 4.79. The number of nitrogens with one attached hydrogen (secondary N) is 2. The summed E-state index contributed by atoms with van der Waals surface area (Å²) >= 11 is 5.08. The van der Waals surface area contributed by atoms with Crippen LogP contribution in [-0.4, -0.2) is 17.6 Å². The first-order chi connectivity index (χ1) is 11.1. The predicted octanol–water partition coefficient (Wildman–Crippen LogP) is 3.74. The van der Waals surface area contributed by atoms with Gasteiger partial charge in [-0.15, -0.1) is 0 Å². The highest BCUT2D eigenvalue weighted by molar-refractivity contribution is 7.80. The van der Waals surface area contributed by atoms with Crippen LogP contribution < -0.4 is 15.4 Å². The Kier molecular flexibility index (Phi) is 6.05. The molecule has 6 heteroatoms. The lowest BCUT2D eigenvalue weighted by molar-refractivity contribution is 0.0977. The highest BCUT2D eigenvalue weighted by atomic mass is 32.1. The first-order valence-corrected chi connectivity index (χ1v) is 7.60. The van der Waals surface area contributed by atoms with Crippen molar-refractivity contribution in [3.63, 3.8) is 0 Å². The molecule has 23 heavy (non-hydrogen) atoms. The fourth-order valence-corrected chi connectivity index (χ4v) is 2.03. The van der Waals surface area contributed by atoms with Gasteiger partial charge in [0.15, 0.2) is 5.11 Å². The minimum Gasteiger partial charge on any atom is -0.494 e. The lowest BCUT2D eigenvalue weighted by Gasteiger charge is -2.10. The van der Waals surface area contributed by atoms with Gasteiger partial charge in [-0.05, 0) is 61.1 Å². The number of rotatable bonds is 5. The van der Waals surface area contributed by atoms with Crippen molar-refractivity contribution >= 4 is 28.9 Å². The fourth-order valence-electron chi connectivity index (χ4n) is 1.82. The number of amides is 1. The van der Waals surface area contributed by atoms with E-state index in [1.54, 1.807) is 24.3 Å². The second-order valence-corrected chi connectivity index (χ2v) is 5.20. The molecule has 0 saturated carbocycles. The Labute approximate surface area is 139 Å². The Morgan fingerprint density at radius 3 is 2.65 bits per heavy atom. The first kappa shape index (κ1) is 16.9. The molecule has 0 radical (unpaired) electrons. The van der Waals surface area contributed by atoms with Crippen molar-refractivity contribution in [2.75, 3.05) is 11.9 Å². The average Bonchev–Trinajstić information content (AvgIpc) is 2.55. The molecule has 0 saturated heterocycles. The Morgan fingerprint density at radius 2 is 1.96 bits per heavy atom. The van der Waals surface area contributed by atoms with Gasteiger partial charge in [0, 0.05) is 11.3 Å². The Balaban J connectivity index is 1.95. The van der Waals surface area contributed by atoms with E-state index in [1.165, 1.54) is 24.3 Å². The molecule has 0 heterocycles. The number of hydrogen-bond donors (Lipinski definition) is 2. The lowest BCUT2D eigenvalue weighted by atomic mass is 10.2. The van der Waals surface area contributed by atoms with Gasteiger partial charge in [0.1, 0.15) is 11.6 Å². The summed E-state index contributed by atoms with van der Waals surface area (Å²) in [6, 6.07) is 12.6. The molecule has 2 rings (SSSR count). The standard InChI is InChI=1S/C17H17FN2O2S/c1-2-10-22-15-5-3-4-12(11-15)16(21)20-17(23)19-14-8-6-13(18)7-9-14/h3-9,11H,2,10H2,1H3,(H2,19,20,21,23). The van der Waals surface area contributed by atoms with Crippen molar-refractivity contribution in [3.05, 3.63) is 59.9 Å². The molecule has 0 bridgehead atoms. The van der Waals surface area contributed by atoms with Crippen molar-refractivity contribution in [1.82, 2.24) is 5.32 Å². The summed E-state index contributed by atoms with van der Waals surface area (Å²) in [5.74, 6) is -0.0436. The minimum atomic E-state index is -0.341. The van der Waals surface area contributed by atoms with Crippen molar-refractivity contribution in [2.24, 2.45) is 0 Å². The van der Waals surface area contributed by atoms with E-state index < -0.39 is 0 Å². The van der Waals surface area contributed by atoms with Crippen molar-refractivity contribution in [3.8, 4) is 5.75 Å². The van der Waals surface area contributed by atoms with Crippen LogP contribution in [0.1, 0.15) is 23.7 Å². The largest absolute Gasteiger partial charge is 0.494 e. The number of hydrogen-bond acceptors (Lipinski definition) is 3. The maximum atomic E-state index is 12.8. The summed E-state index contributed by atoms with van der Waals surface area (Å²) < 4.78 is 18.3. The van der Waals surface area contributed by atoms with Crippen LogP contribution in [0.15, 0.2) is 48.5 Å². The van der Waals surface area contributed by atoms with E-state index in [9.17, 15) is 9.18 Å². The summed E-state index contributed by atoms with van der Waals surface area (Å²) in [5.41, 5.74) is 1.04. The van der Waals surface area contributed by atoms with Crippen LogP contribution >= 0.6 is 12.2 Å². The van der Waals surface area contributed by atoms with Crippen LogP contribution in [0.3, 0.4) is 0 Å². The highest BCUT2D eigenvalue weighted by Gasteiger charge is 2.09. The molecule has 1 amide bonds. The normalized spacial score (nSPS) is 10.0. The third-order valence-corrected chi connectivity index (χ3v) is 3.10. The lowest BCUT2D eigenvalue weighted by Crippen LogP contribution is -2.34. The first-order valence-electron chi connectivity index (χ1n) is 7.19. The molecule has 4 nitrogen and oxygen atoms in total. The molecule has 0 aliphatic rings. The molecule has 0 unspecified atom stereocenters. The molecule has 0 aromatic heterocycles. The molecule has 0 spiro atoms. The zero-order valence-corrected chi connectivity index (χ0v) is 13.5. The van der Waals surface area contributed by atoms with Crippen molar-refractivity contribution in [1.29, 1.82) is 0 Å². The topological polar surface area (TPSA) is 50.4 Å². The number of thiocarbonyl (C=S) groups is 1. The number of ether oxygens (including phenoxy) is 1. The van der Waals surface area contributed by atoms with Crippen molar-refractivity contribution < 1.29 is 13.9 Å². The monoisotopic (exact) mass is 332 g/mol. The number of halogens is 1. The van der Waals surface area contributed by atoms with E-state index in [0.29, 0.717) is 23.6 Å².